The number of carbonyl (C=O) groups is 2. The Balaban J connectivity index is 1.55. The van der Waals surface area contributed by atoms with Gasteiger partial charge in [-0.1, -0.05) is 86.3 Å². The molecule has 1 aliphatic heterocycles. The quantitative estimate of drug-likeness (QED) is 0.0974. The van der Waals surface area contributed by atoms with Gasteiger partial charge in [-0.15, -0.1) is 10.2 Å². The van der Waals surface area contributed by atoms with E-state index < -0.39 is 17.7 Å². The van der Waals surface area contributed by atoms with Crippen molar-refractivity contribution in [3.05, 3.63) is 107 Å². The summed E-state index contributed by atoms with van der Waals surface area (Å²) in [6.07, 6.45) is 3.00. The molecular weight excluding hydrogens is 535 g/mol. The van der Waals surface area contributed by atoms with Crippen LogP contribution in [0.4, 0.5) is 9.52 Å². The van der Waals surface area contributed by atoms with Gasteiger partial charge < -0.3 is 5.11 Å². The van der Waals surface area contributed by atoms with E-state index in [0.717, 1.165) is 16.9 Å². The molecule has 3 heterocycles. The van der Waals surface area contributed by atoms with E-state index in [4.69, 9.17) is 0 Å². The summed E-state index contributed by atoms with van der Waals surface area (Å²) < 4.78 is 14.6. The Hall–Kier alpha value is -3.89. The van der Waals surface area contributed by atoms with Gasteiger partial charge in [-0.2, -0.15) is 0 Å². The Bertz CT molecular complexity index is 1560. The maximum absolute atomic E-state index is 14.1. The van der Waals surface area contributed by atoms with Gasteiger partial charge in [-0.3, -0.25) is 19.5 Å². The summed E-state index contributed by atoms with van der Waals surface area (Å²) in [5.74, 6) is -1.89. The number of pyridine rings is 1. The van der Waals surface area contributed by atoms with Crippen molar-refractivity contribution < 1.29 is 19.1 Å². The molecule has 0 spiro atoms. The van der Waals surface area contributed by atoms with Gasteiger partial charge in [0.25, 0.3) is 5.78 Å². The molecule has 1 atom stereocenters. The third-order valence-electron chi connectivity index (χ3n) is 6.40. The van der Waals surface area contributed by atoms with Crippen molar-refractivity contribution in [2.24, 2.45) is 0 Å². The second kappa shape index (κ2) is 10.7. The molecule has 0 bridgehead atoms. The maximum Gasteiger partial charge on any atom is 0.301 e. The van der Waals surface area contributed by atoms with Crippen LogP contribution in [0.5, 0.6) is 0 Å². The molecule has 1 amide bonds. The number of rotatable bonds is 6. The van der Waals surface area contributed by atoms with Crippen LogP contribution < -0.4 is 4.90 Å². The molecule has 1 N–H and O–H groups in total. The summed E-state index contributed by atoms with van der Waals surface area (Å²) in [6.45, 7) is 6.29. The van der Waals surface area contributed by atoms with Gasteiger partial charge >= 0.3 is 5.91 Å². The van der Waals surface area contributed by atoms with Crippen LogP contribution in [-0.2, 0) is 20.8 Å². The van der Waals surface area contributed by atoms with Crippen LogP contribution in [0.15, 0.2) is 83.0 Å². The number of thioether (sulfide) groups is 1. The minimum Gasteiger partial charge on any atom is -0.507 e. The van der Waals surface area contributed by atoms with Gasteiger partial charge in [-0.25, -0.2) is 4.39 Å². The van der Waals surface area contributed by atoms with Gasteiger partial charge in [0, 0.05) is 23.7 Å². The Kier molecular flexibility index (Phi) is 7.33. The highest BCUT2D eigenvalue weighted by Gasteiger charge is 2.48. The number of hydrogen-bond acceptors (Lipinski definition) is 8. The molecule has 1 fully saturated rings. The lowest BCUT2D eigenvalue weighted by Gasteiger charge is -2.24. The van der Waals surface area contributed by atoms with Crippen molar-refractivity contribution in [1.82, 2.24) is 15.2 Å². The predicted molar refractivity (Wildman–Crippen MR) is 150 cm³/mol. The Morgan fingerprint density at radius 2 is 1.72 bits per heavy atom. The van der Waals surface area contributed by atoms with Crippen molar-refractivity contribution in [2.75, 3.05) is 4.90 Å². The van der Waals surface area contributed by atoms with Crippen LogP contribution in [0.1, 0.15) is 49.1 Å². The van der Waals surface area contributed by atoms with Gasteiger partial charge in [0.2, 0.25) is 5.13 Å². The molecule has 7 nitrogen and oxygen atoms in total. The summed E-state index contributed by atoms with van der Waals surface area (Å²) in [5, 5.41) is 19.8. The van der Waals surface area contributed by atoms with E-state index in [-0.39, 0.29) is 27.7 Å². The first-order valence-corrected chi connectivity index (χ1v) is 14.0. The Labute approximate surface area is 233 Å². The topological polar surface area (TPSA) is 96.3 Å². The average molecular weight is 561 g/mol. The second-order valence-electron chi connectivity index (χ2n) is 10.0. The van der Waals surface area contributed by atoms with Gasteiger partial charge in [0.1, 0.15) is 11.6 Å². The van der Waals surface area contributed by atoms with Crippen LogP contribution in [0.2, 0.25) is 0 Å². The zero-order valence-electron chi connectivity index (χ0n) is 21.5. The zero-order chi connectivity index (χ0) is 27.7. The van der Waals surface area contributed by atoms with Crippen LogP contribution in [0, 0.1) is 5.82 Å². The molecule has 0 radical (unpaired) electrons. The van der Waals surface area contributed by atoms with Crippen molar-refractivity contribution in [3.63, 3.8) is 0 Å². The average Bonchev–Trinajstić information content (AvgIpc) is 3.50. The number of aliphatic hydroxyl groups excluding tert-OH is 1. The SMILES string of the molecule is CC(C)(C)c1ccc(C2/C(=C(\O)c3ccncc3)C(=O)C(=O)N2c2nnc(SCc3ccccc3F)s2)cc1. The molecule has 4 aromatic rings. The highest BCUT2D eigenvalue weighted by Crippen LogP contribution is 2.44. The normalized spacial score (nSPS) is 17.1. The van der Waals surface area contributed by atoms with E-state index >= 15 is 0 Å². The molecule has 10 heteroatoms. The number of benzene rings is 2. The zero-order valence-corrected chi connectivity index (χ0v) is 23.1. The molecule has 198 valence electrons. The highest BCUT2D eigenvalue weighted by atomic mass is 32.2. The molecule has 2 aromatic heterocycles. The lowest BCUT2D eigenvalue weighted by Crippen LogP contribution is -2.29. The van der Waals surface area contributed by atoms with Crippen molar-refractivity contribution in [2.45, 2.75) is 42.3 Å². The summed E-state index contributed by atoms with van der Waals surface area (Å²) in [6, 6.07) is 16.4. The molecule has 0 aliphatic carbocycles. The smallest absolute Gasteiger partial charge is 0.301 e. The van der Waals surface area contributed by atoms with E-state index in [2.05, 4.69) is 36.0 Å². The van der Waals surface area contributed by atoms with Crippen LogP contribution in [0.25, 0.3) is 5.76 Å². The molecule has 39 heavy (non-hydrogen) atoms. The minimum atomic E-state index is -0.912. The van der Waals surface area contributed by atoms with E-state index in [1.807, 2.05) is 24.3 Å². The number of nitrogens with zero attached hydrogens (tertiary/aromatic N) is 4. The fraction of sp³-hybridized carbons (Fsp3) is 0.207. The summed E-state index contributed by atoms with van der Waals surface area (Å²) in [4.78, 5) is 32.0. The molecule has 2 aromatic carbocycles. The first-order chi connectivity index (χ1) is 18.6. The fourth-order valence-corrected chi connectivity index (χ4v) is 6.14. The first-order valence-electron chi connectivity index (χ1n) is 12.2. The summed E-state index contributed by atoms with van der Waals surface area (Å²) >= 11 is 2.42. The molecule has 1 unspecified atom stereocenters. The van der Waals surface area contributed by atoms with Crippen molar-refractivity contribution in [3.8, 4) is 0 Å². The molecule has 1 saturated heterocycles. The number of amides is 1. The Morgan fingerprint density at radius 1 is 1.03 bits per heavy atom. The van der Waals surface area contributed by atoms with Gasteiger partial charge in [0.15, 0.2) is 4.34 Å². The number of anilines is 1. The third kappa shape index (κ3) is 5.35. The number of aromatic nitrogens is 3. The number of aliphatic hydroxyl groups is 1. The largest absolute Gasteiger partial charge is 0.507 e. The summed E-state index contributed by atoms with van der Waals surface area (Å²) in [5.41, 5.74) is 2.49. The first kappa shape index (κ1) is 26.7. The summed E-state index contributed by atoms with van der Waals surface area (Å²) in [7, 11) is 0. The number of hydrogen-bond donors (Lipinski definition) is 1. The highest BCUT2D eigenvalue weighted by molar-refractivity contribution is 8.00. The lowest BCUT2D eigenvalue weighted by molar-refractivity contribution is -0.132. The predicted octanol–water partition coefficient (Wildman–Crippen LogP) is 6.29. The fourth-order valence-electron chi connectivity index (χ4n) is 4.29. The second-order valence-corrected chi connectivity index (χ2v) is 12.2. The number of halogens is 1. The van der Waals surface area contributed by atoms with Gasteiger partial charge in [0.05, 0.1) is 11.6 Å². The molecule has 1 aliphatic rings. The lowest BCUT2D eigenvalue weighted by atomic mass is 9.85. The monoisotopic (exact) mass is 560 g/mol. The van der Waals surface area contributed by atoms with Crippen LogP contribution in [-0.4, -0.2) is 32.0 Å². The third-order valence-corrected chi connectivity index (χ3v) is 8.51. The van der Waals surface area contributed by atoms with E-state index in [9.17, 15) is 19.1 Å². The number of Topliss-reactive ketones (excluding diaryl/α,β-unsaturated/α-hetero) is 1. The van der Waals surface area contributed by atoms with Gasteiger partial charge in [-0.05, 0) is 40.3 Å². The molecule has 0 saturated carbocycles. The van der Waals surface area contributed by atoms with E-state index in [1.54, 1.807) is 30.3 Å². The number of carbonyl (C=O) groups excluding carboxylic acids is 2. The molecular formula is C29H25FN4O3S2. The standard InChI is InChI=1S/C29H25FN4O3S2/c1-29(2,3)20-10-8-17(9-11-20)23-22(24(35)18-12-14-31-15-13-18)25(36)26(37)34(23)27-32-33-28(39-27)38-16-19-6-4-5-7-21(19)30/h4-15,23,35H,16H2,1-3H3/b24-22+. The van der Waals surface area contributed by atoms with E-state index in [1.165, 1.54) is 35.1 Å². The Morgan fingerprint density at radius 3 is 2.38 bits per heavy atom. The van der Waals surface area contributed by atoms with Crippen molar-refractivity contribution in [1.29, 1.82) is 0 Å². The molecule has 5 rings (SSSR count). The van der Waals surface area contributed by atoms with Crippen molar-refractivity contribution >= 4 is 45.7 Å². The number of ketones is 1. The van der Waals surface area contributed by atoms with Crippen LogP contribution >= 0.6 is 23.1 Å². The van der Waals surface area contributed by atoms with E-state index in [0.29, 0.717) is 26.8 Å². The minimum absolute atomic E-state index is 0.0366. The maximum atomic E-state index is 14.1. The van der Waals surface area contributed by atoms with Crippen LogP contribution in [0.3, 0.4) is 0 Å².